The SMILES string of the molecule is O=C(NC[C@H](O)CN(O)c1cc(F)c(N2CCON(Cc3ccccc3)CC2)c(F)c1)C(F)F.[HH]. The van der Waals surface area contributed by atoms with Gasteiger partial charge in [0.2, 0.25) is 0 Å². The number of alkyl halides is 2. The lowest BCUT2D eigenvalue weighted by atomic mass is 10.2. The minimum atomic E-state index is -3.25. The van der Waals surface area contributed by atoms with Gasteiger partial charge in [-0.3, -0.25) is 19.9 Å². The minimum Gasteiger partial charge on any atom is -0.389 e. The standard InChI is InChI=1S/C22H26F4N4O4.H2/c23-18-10-16(30(33)14-17(31)12-27-22(32)21(25)26)11-19(24)20(18)28-6-7-29(34-9-8-28)13-15-4-2-1-3-5-15;/h1-5,10-11,17,21,31,33H,6-9,12-14H2,(H,27,32);1H/t17-;/m0./s1. The highest BCUT2D eigenvalue weighted by molar-refractivity contribution is 5.79. The first-order chi connectivity index (χ1) is 16.2. The quantitative estimate of drug-likeness (QED) is 0.369. The van der Waals surface area contributed by atoms with E-state index in [1.165, 1.54) is 4.90 Å². The van der Waals surface area contributed by atoms with Gasteiger partial charge in [-0.15, -0.1) is 0 Å². The van der Waals surface area contributed by atoms with Gasteiger partial charge in [0.15, 0.2) is 11.6 Å². The largest absolute Gasteiger partial charge is 0.389 e. The van der Waals surface area contributed by atoms with Gasteiger partial charge in [-0.2, -0.15) is 13.8 Å². The van der Waals surface area contributed by atoms with Gasteiger partial charge >= 0.3 is 6.43 Å². The molecule has 1 aliphatic rings. The van der Waals surface area contributed by atoms with E-state index in [2.05, 4.69) is 0 Å². The summed E-state index contributed by atoms with van der Waals surface area (Å²) in [5.74, 6) is -3.43. The Balaban J connectivity index is 0.00000432. The third-order valence-corrected chi connectivity index (χ3v) is 5.17. The number of carbonyl (C=O) groups is 1. The highest BCUT2D eigenvalue weighted by Crippen LogP contribution is 2.29. The fourth-order valence-corrected chi connectivity index (χ4v) is 3.49. The number of aliphatic hydroxyl groups excluding tert-OH is 1. The summed E-state index contributed by atoms with van der Waals surface area (Å²) in [5.41, 5.74) is 0.485. The van der Waals surface area contributed by atoms with E-state index in [-0.39, 0.29) is 26.0 Å². The van der Waals surface area contributed by atoms with Gasteiger partial charge in [-0.05, 0) is 5.56 Å². The number of anilines is 2. The average molecular weight is 488 g/mol. The van der Waals surface area contributed by atoms with Gasteiger partial charge in [0.25, 0.3) is 5.91 Å². The van der Waals surface area contributed by atoms with Crippen LogP contribution in [-0.2, 0) is 16.2 Å². The van der Waals surface area contributed by atoms with Crippen molar-refractivity contribution in [3.8, 4) is 0 Å². The molecule has 0 saturated carbocycles. The van der Waals surface area contributed by atoms with Crippen molar-refractivity contribution in [2.45, 2.75) is 19.1 Å². The Morgan fingerprint density at radius 2 is 1.82 bits per heavy atom. The summed E-state index contributed by atoms with van der Waals surface area (Å²) < 4.78 is 54.0. The van der Waals surface area contributed by atoms with Gasteiger partial charge in [0.1, 0.15) is 5.69 Å². The van der Waals surface area contributed by atoms with Gasteiger partial charge in [-0.1, -0.05) is 30.3 Å². The normalized spacial score (nSPS) is 15.8. The van der Waals surface area contributed by atoms with Crippen molar-refractivity contribution in [3.05, 3.63) is 59.7 Å². The number of hydroxylamine groups is 3. The van der Waals surface area contributed by atoms with E-state index in [1.807, 2.05) is 30.3 Å². The predicted octanol–water partition coefficient (Wildman–Crippen LogP) is 2.40. The molecule has 1 fully saturated rings. The molecule has 1 amide bonds. The van der Waals surface area contributed by atoms with E-state index in [4.69, 9.17) is 4.84 Å². The molecule has 2 aromatic carbocycles. The fourth-order valence-electron chi connectivity index (χ4n) is 3.49. The van der Waals surface area contributed by atoms with E-state index in [0.717, 1.165) is 17.7 Å². The van der Waals surface area contributed by atoms with Crippen LogP contribution in [0.15, 0.2) is 42.5 Å². The first kappa shape index (κ1) is 25.7. The number of nitrogens with one attached hydrogen (secondary N) is 1. The first-order valence-corrected chi connectivity index (χ1v) is 10.6. The van der Waals surface area contributed by atoms with E-state index in [0.29, 0.717) is 24.7 Å². The minimum absolute atomic E-state index is 0. The predicted molar refractivity (Wildman–Crippen MR) is 118 cm³/mol. The molecule has 0 spiro atoms. The van der Waals surface area contributed by atoms with Crippen LogP contribution in [0.3, 0.4) is 0 Å². The summed E-state index contributed by atoms with van der Waals surface area (Å²) in [6.45, 7) is 0.534. The highest BCUT2D eigenvalue weighted by atomic mass is 19.3. The molecular formula is C22H28F4N4O4. The second kappa shape index (κ2) is 12.0. The van der Waals surface area contributed by atoms with E-state index in [1.54, 1.807) is 10.4 Å². The Labute approximate surface area is 195 Å². The summed E-state index contributed by atoms with van der Waals surface area (Å²) in [4.78, 5) is 18.1. The number of aliphatic hydroxyl groups is 1. The second-order valence-corrected chi connectivity index (χ2v) is 7.71. The molecule has 34 heavy (non-hydrogen) atoms. The van der Waals surface area contributed by atoms with E-state index in [9.17, 15) is 32.7 Å². The molecule has 1 heterocycles. The van der Waals surface area contributed by atoms with Crippen molar-refractivity contribution in [2.24, 2.45) is 0 Å². The number of rotatable bonds is 9. The third-order valence-electron chi connectivity index (χ3n) is 5.17. The topological polar surface area (TPSA) is 88.5 Å². The summed E-state index contributed by atoms with van der Waals surface area (Å²) in [6, 6.07) is 11.4. The summed E-state index contributed by atoms with van der Waals surface area (Å²) in [6.07, 6.45) is -4.71. The van der Waals surface area contributed by atoms with Gasteiger partial charge < -0.3 is 15.3 Å². The molecule has 2 aromatic rings. The fraction of sp³-hybridized carbons (Fsp3) is 0.409. The summed E-state index contributed by atoms with van der Waals surface area (Å²) in [5, 5.41) is 23.8. The molecule has 0 bridgehead atoms. The molecule has 1 saturated heterocycles. The molecule has 12 heteroatoms. The molecule has 1 aliphatic heterocycles. The van der Waals surface area contributed by atoms with E-state index < -0.39 is 43.2 Å². The van der Waals surface area contributed by atoms with Crippen molar-refractivity contribution >= 4 is 17.3 Å². The van der Waals surface area contributed by atoms with Crippen molar-refractivity contribution in [1.82, 2.24) is 10.4 Å². The van der Waals surface area contributed by atoms with E-state index >= 15 is 0 Å². The van der Waals surface area contributed by atoms with Crippen molar-refractivity contribution < 1.29 is 38.9 Å². The lowest BCUT2D eigenvalue weighted by molar-refractivity contribution is -0.154. The Morgan fingerprint density at radius 1 is 1.15 bits per heavy atom. The van der Waals surface area contributed by atoms with Crippen LogP contribution in [0, 0.1) is 11.6 Å². The zero-order chi connectivity index (χ0) is 24.7. The van der Waals surface area contributed by atoms with Gasteiger partial charge in [0, 0.05) is 46.3 Å². The monoisotopic (exact) mass is 488 g/mol. The molecule has 0 aliphatic carbocycles. The number of benzene rings is 2. The number of hydrogen-bond acceptors (Lipinski definition) is 7. The zero-order valence-corrected chi connectivity index (χ0v) is 18.2. The van der Waals surface area contributed by atoms with Crippen molar-refractivity contribution in [3.63, 3.8) is 0 Å². The van der Waals surface area contributed by atoms with Crippen LogP contribution in [-0.4, -0.2) is 73.1 Å². The van der Waals surface area contributed by atoms with Crippen molar-refractivity contribution in [1.29, 1.82) is 0 Å². The zero-order valence-electron chi connectivity index (χ0n) is 18.2. The molecule has 0 unspecified atom stereocenters. The van der Waals surface area contributed by atoms with Crippen LogP contribution in [0.1, 0.15) is 6.99 Å². The summed E-state index contributed by atoms with van der Waals surface area (Å²) >= 11 is 0. The third kappa shape index (κ3) is 7.03. The van der Waals surface area contributed by atoms with Gasteiger partial charge in [-0.25, -0.2) is 8.78 Å². The smallest absolute Gasteiger partial charge is 0.315 e. The number of hydrogen-bond donors (Lipinski definition) is 3. The molecule has 3 rings (SSSR count). The van der Waals surface area contributed by atoms with Crippen LogP contribution in [0.2, 0.25) is 0 Å². The maximum atomic E-state index is 14.8. The van der Waals surface area contributed by atoms with Crippen LogP contribution in [0.5, 0.6) is 0 Å². The number of amides is 1. The molecular weight excluding hydrogens is 460 g/mol. The lowest BCUT2D eigenvalue weighted by Crippen LogP contribution is -2.41. The molecule has 0 radical (unpaired) electrons. The molecule has 8 nitrogen and oxygen atoms in total. The number of nitrogens with zero attached hydrogens (tertiary/aromatic N) is 3. The van der Waals surface area contributed by atoms with Crippen LogP contribution < -0.4 is 15.3 Å². The Bertz CT molecular complexity index is 937. The second-order valence-electron chi connectivity index (χ2n) is 7.71. The number of carbonyl (C=O) groups excluding carboxylic acids is 1. The van der Waals surface area contributed by atoms with Crippen LogP contribution in [0.4, 0.5) is 28.9 Å². The maximum absolute atomic E-state index is 14.8. The summed E-state index contributed by atoms with van der Waals surface area (Å²) in [7, 11) is 0. The number of halogens is 4. The Kier molecular flexibility index (Phi) is 9.05. The maximum Gasteiger partial charge on any atom is 0.315 e. The van der Waals surface area contributed by atoms with Crippen LogP contribution >= 0.6 is 0 Å². The molecule has 3 N–H and O–H groups in total. The Morgan fingerprint density at radius 3 is 2.47 bits per heavy atom. The lowest BCUT2D eigenvalue weighted by Gasteiger charge is -2.25. The molecule has 0 aromatic heterocycles. The molecule has 1 atom stereocenters. The van der Waals surface area contributed by atoms with Crippen molar-refractivity contribution in [2.75, 3.05) is 49.3 Å². The average Bonchev–Trinajstić information content (AvgIpc) is 3.03. The Hall–Kier alpha value is -2.93. The first-order valence-electron chi connectivity index (χ1n) is 10.6. The molecule has 188 valence electrons. The highest BCUT2D eigenvalue weighted by Gasteiger charge is 2.24. The van der Waals surface area contributed by atoms with Gasteiger partial charge in [0.05, 0.1) is 24.9 Å². The van der Waals surface area contributed by atoms with Crippen LogP contribution in [0.25, 0.3) is 0 Å².